The van der Waals surface area contributed by atoms with Crippen LogP contribution in [0, 0.1) is 5.92 Å². The zero-order valence-electron chi connectivity index (χ0n) is 13.5. The van der Waals surface area contributed by atoms with Gasteiger partial charge >= 0.3 is 0 Å². The van der Waals surface area contributed by atoms with Gasteiger partial charge in [-0.1, -0.05) is 33.1 Å². The first-order valence-corrected chi connectivity index (χ1v) is 8.31. The molecule has 1 aliphatic rings. The van der Waals surface area contributed by atoms with Gasteiger partial charge in [0, 0.05) is 18.5 Å². The van der Waals surface area contributed by atoms with E-state index in [0.29, 0.717) is 18.9 Å². The predicted octanol–water partition coefficient (Wildman–Crippen LogP) is 1.71. The Balaban J connectivity index is 2.18. The molecule has 0 bridgehead atoms. The van der Waals surface area contributed by atoms with Crippen LogP contribution in [0.15, 0.2) is 0 Å². The molecule has 1 saturated carbocycles. The van der Waals surface area contributed by atoms with Crippen LogP contribution >= 0.6 is 0 Å². The second-order valence-electron chi connectivity index (χ2n) is 6.33. The zero-order valence-corrected chi connectivity index (χ0v) is 13.5. The van der Waals surface area contributed by atoms with Gasteiger partial charge in [-0.2, -0.15) is 0 Å². The third kappa shape index (κ3) is 6.93. The van der Waals surface area contributed by atoms with Gasteiger partial charge in [0.05, 0.1) is 6.54 Å². The number of nitrogens with one attached hydrogen (secondary N) is 2. The molecule has 4 N–H and O–H groups in total. The minimum atomic E-state index is -0.345. The molecule has 0 spiro atoms. The zero-order chi connectivity index (χ0) is 15.7. The van der Waals surface area contributed by atoms with Gasteiger partial charge in [-0.3, -0.25) is 9.59 Å². The number of carbonyl (C=O) groups is 2. The highest BCUT2D eigenvalue weighted by Crippen LogP contribution is 2.25. The number of carbonyl (C=O) groups excluding carboxylic acids is 2. The summed E-state index contributed by atoms with van der Waals surface area (Å²) in [5.41, 5.74) is 5.78. The maximum atomic E-state index is 11.8. The fraction of sp³-hybridized carbons (Fsp3) is 0.875. The highest BCUT2D eigenvalue weighted by Gasteiger charge is 2.21. The number of rotatable bonds is 8. The highest BCUT2D eigenvalue weighted by molar-refractivity contribution is 5.84. The standard InChI is InChI=1S/C16H31N3O2/c1-3-16(17,4-2)12-19-15(21)11-18-14(20)10-13-8-6-5-7-9-13/h13H,3-12,17H2,1-2H3,(H,18,20)(H,19,21). The molecule has 0 aromatic rings. The van der Waals surface area contributed by atoms with Gasteiger partial charge in [-0.05, 0) is 31.6 Å². The van der Waals surface area contributed by atoms with E-state index in [1.807, 2.05) is 13.8 Å². The minimum absolute atomic E-state index is 0.0120. The lowest BCUT2D eigenvalue weighted by Gasteiger charge is -2.26. The van der Waals surface area contributed by atoms with E-state index >= 15 is 0 Å². The smallest absolute Gasteiger partial charge is 0.239 e. The lowest BCUT2D eigenvalue weighted by molar-refractivity contribution is -0.126. The van der Waals surface area contributed by atoms with E-state index in [1.54, 1.807) is 0 Å². The summed E-state index contributed by atoms with van der Waals surface area (Å²) < 4.78 is 0. The maximum absolute atomic E-state index is 11.8. The van der Waals surface area contributed by atoms with Crippen molar-refractivity contribution in [3.63, 3.8) is 0 Å². The summed E-state index contributed by atoms with van der Waals surface area (Å²) in [4.78, 5) is 23.6. The van der Waals surface area contributed by atoms with Crippen molar-refractivity contribution in [2.45, 2.75) is 70.8 Å². The van der Waals surface area contributed by atoms with Crippen LogP contribution in [0.4, 0.5) is 0 Å². The Bertz CT molecular complexity index is 334. The van der Waals surface area contributed by atoms with Crippen molar-refractivity contribution in [2.75, 3.05) is 13.1 Å². The molecule has 2 amide bonds. The molecule has 0 radical (unpaired) electrons. The van der Waals surface area contributed by atoms with E-state index in [2.05, 4.69) is 10.6 Å². The van der Waals surface area contributed by atoms with Crippen LogP contribution in [0.1, 0.15) is 65.2 Å². The molecule has 1 aliphatic carbocycles. The summed E-state index contributed by atoms with van der Waals surface area (Å²) in [7, 11) is 0. The van der Waals surface area contributed by atoms with Crippen LogP contribution in [0.25, 0.3) is 0 Å². The van der Waals surface area contributed by atoms with Gasteiger partial charge < -0.3 is 16.4 Å². The molecule has 5 nitrogen and oxygen atoms in total. The Kier molecular flexibility index (Phi) is 7.72. The summed E-state index contributed by atoms with van der Waals surface area (Å²) in [6, 6.07) is 0. The van der Waals surface area contributed by atoms with Crippen molar-refractivity contribution >= 4 is 11.8 Å². The van der Waals surface area contributed by atoms with Crippen LogP contribution in [0.3, 0.4) is 0 Å². The van der Waals surface area contributed by atoms with Crippen molar-refractivity contribution < 1.29 is 9.59 Å². The van der Waals surface area contributed by atoms with Crippen molar-refractivity contribution in [3.8, 4) is 0 Å². The first kappa shape index (κ1) is 18.0. The topological polar surface area (TPSA) is 84.2 Å². The molecule has 1 rings (SSSR count). The molecule has 0 aliphatic heterocycles. The molecular formula is C16H31N3O2. The molecule has 21 heavy (non-hydrogen) atoms. The number of hydrogen-bond acceptors (Lipinski definition) is 3. The second-order valence-corrected chi connectivity index (χ2v) is 6.33. The van der Waals surface area contributed by atoms with Gasteiger partial charge in [-0.15, -0.1) is 0 Å². The van der Waals surface area contributed by atoms with Gasteiger partial charge in [0.15, 0.2) is 0 Å². The monoisotopic (exact) mass is 297 g/mol. The summed E-state index contributed by atoms with van der Waals surface area (Å²) in [5, 5.41) is 5.52. The third-order valence-corrected chi connectivity index (χ3v) is 4.69. The largest absolute Gasteiger partial charge is 0.353 e. The average Bonchev–Trinajstić information content (AvgIpc) is 2.51. The molecule has 0 unspecified atom stereocenters. The van der Waals surface area contributed by atoms with E-state index in [9.17, 15) is 9.59 Å². The maximum Gasteiger partial charge on any atom is 0.239 e. The first-order chi connectivity index (χ1) is 9.99. The van der Waals surface area contributed by atoms with Crippen LogP contribution in [-0.2, 0) is 9.59 Å². The van der Waals surface area contributed by atoms with Crippen molar-refractivity contribution in [2.24, 2.45) is 11.7 Å². The molecule has 0 atom stereocenters. The number of nitrogens with two attached hydrogens (primary N) is 1. The van der Waals surface area contributed by atoms with Crippen LogP contribution < -0.4 is 16.4 Å². The summed E-state index contributed by atoms with van der Waals surface area (Å²) in [6.07, 6.45) is 8.21. The summed E-state index contributed by atoms with van der Waals surface area (Å²) >= 11 is 0. The highest BCUT2D eigenvalue weighted by atomic mass is 16.2. The van der Waals surface area contributed by atoms with Gasteiger partial charge in [0.25, 0.3) is 0 Å². The lowest BCUT2D eigenvalue weighted by Crippen LogP contribution is -2.50. The Hall–Kier alpha value is -1.10. The predicted molar refractivity (Wildman–Crippen MR) is 84.7 cm³/mol. The van der Waals surface area contributed by atoms with E-state index in [-0.39, 0.29) is 23.9 Å². The van der Waals surface area contributed by atoms with Gasteiger partial charge in [0.2, 0.25) is 11.8 Å². The SMILES string of the molecule is CCC(N)(CC)CNC(=O)CNC(=O)CC1CCCCC1. The molecule has 1 fully saturated rings. The third-order valence-electron chi connectivity index (χ3n) is 4.69. The summed E-state index contributed by atoms with van der Waals surface area (Å²) in [6.45, 7) is 4.54. The molecule has 0 aromatic carbocycles. The normalized spacial score (nSPS) is 16.5. The van der Waals surface area contributed by atoms with Crippen molar-refractivity contribution in [3.05, 3.63) is 0 Å². The molecule has 0 heterocycles. The minimum Gasteiger partial charge on any atom is -0.353 e. The van der Waals surface area contributed by atoms with Crippen LogP contribution in [0.5, 0.6) is 0 Å². The summed E-state index contributed by atoms with van der Waals surface area (Å²) in [5.74, 6) is 0.324. The van der Waals surface area contributed by atoms with Crippen LogP contribution in [-0.4, -0.2) is 30.4 Å². The average molecular weight is 297 g/mol. The Morgan fingerprint density at radius 1 is 1.05 bits per heavy atom. The molecular weight excluding hydrogens is 266 g/mol. The van der Waals surface area contributed by atoms with E-state index in [1.165, 1.54) is 19.3 Å². The fourth-order valence-corrected chi connectivity index (χ4v) is 2.74. The quantitative estimate of drug-likeness (QED) is 0.637. The molecule has 5 heteroatoms. The van der Waals surface area contributed by atoms with E-state index in [4.69, 9.17) is 5.73 Å². The Morgan fingerprint density at radius 2 is 1.67 bits per heavy atom. The van der Waals surface area contributed by atoms with Gasteiger partial charge in [0.1, 0.15) is 0 Å². The Morgan fingerprint density at radius 3 is 2.24 bits per heavy atom. The molecule has 122 valence electrons. The number of amides is 2. The van der Waals surface area contributed by atoms with E-state index < -0.39 is 0 Å². The van der Waals surface area contributed by atoms with Gasteiger partial charge in [-0.25, -0.2) is 0 Å². The Labute approximate surface area is 128 Å². The number of hydrogen-bond donors (Lipinski definition) is 3. The second kappa shape index (κ2) is 9.03. The first-order valence-electron chi connectivity index (χ1n) is 8.31. The molecule has 0 saturated heterocycles. The van der Waals surface area contributed by atoms with E-state index in [0.717, 1.165) is 25.7 Å². The fourth-order valence-electron chi connectivity index (χ4n) is 2.74. The van der Waals surface area contributed by atoms with Crippen molar-refractivity contribution in [1.82, 2.24) is 10.6 Å². The van der Waals surface area contributed by atoms with Crippen LogP contribution in [0.2, 0.25) is 0 Å². The van der Waals surface area contributed by atoms with Crippen molar-refractivity contribution in [1.29, 1.82) is 0 Å². The lowest BCUT2D eigenvalue weighted by atomic mass is 9.87. The molecule has 0 aromatic heterocycles.